The van der Waals surface area contributed by atoms with Gasteiger partial charge in [-0.3, -0.25) is 0 Å². The number of nitrogens with one attached hydrogen (secondary N) is 1. The van der Waals surface area contributed by atoms with E-state index in [1.54, 1.807) is 0 Å². The molecule has 2 aromatic rings. The van der Waals surface area contributed by atoms with Crippen LogP contribution in [0.4, 0.5) is 0 Å². The predicted octanol–water partition coefficient (Wildman–Crippen LogP) is 4.80. The average Bonchev–Trinajstić information content (AvgIpc) is 3.25. The van der Waals surface area contributed by atoms with Crippen LogP contribution in [-0.4, -0.2) is 6.04 Å². The third-order valence-electron chi connectivity index (χ3n) is 3.41. The molecule has 0 atom stereocenters. The highest BCUT2D eigenvalue weighted by atomic mass is 79.9. The Morgan fingerprint density at radius 2 is 1.90 bits per heavy atom. The van der Waals surface area contributed by atoms with Crippen LogP contribution in [0, 0.1) is 6.92 Å². The van der Waals surface area contributed by atoms with E-state index in [9.17, 15) is 0 Å². The highest BCUT2D eigenvalue weighted by Crippen LogP contribution is 2.30. The van der Waals surface area contributed by atoms with Gasteiger partial charge in [-0.2, -0.15) is 0 Å². The summed E-state index contributed by atoms with van der Waals surface area (Å²) in [5.41, 5.74) is 2.51. The Morgan fingerprint density at radius 1 is 1.15 bits per heavy atom. The lowest BCUT2D eigenvalue weighted by molar-refractivity contribution is 0.479. The van der Waals surface area contributed by atoms with E-state index in [4.69, 9.17) is 4.74 Å². The van der Waals surface area contributed by atoms with E-state index < -0.39 is 0 Å². The van der Waals surface area contributed by atoms with Crippen LogP contribution >= 0.6 is 15.9 Å². The van der Waals surface area contributed by atoms with E-state index >= 15 is 0 Å². The van der Waals surface area contributed by atoms with E-state index in [1.165, 1.54) is 24.0 Å². The van der Waals surface area contributed by atoms with Gasteiger partial charge in [-0.1, -0.05) is 18.2 Å². The maximum atomic E-state index is 5.89. The van der Waals surface area contributed by atoms with Gasteiger partial charge in [-0.05, 0) is 71.1 Å². The summed E-state index contributed by atoms with van der Waals surface area (Å²) in [7, 11) is 0. The summed E-state index contributed by atoms with van der Waals surface area (Å²) in [6, 6.07) is 15.1. The fraction of sp³-hybridized carbons (Fsp3) is 0.294. The molecule has 3 rings (SSSR count). The molecule has 0 aliphatic heterocycles. The zero-order chi connectivity index (χ0) is 13.9. The third-order valence-corrected chi connectivity index (χ3v) is 4.03. The largest absolute Gasteiger partial charge is 0.456 e. The maximum Gasteiger partial charge on any atom is 0.141 e. The molecule has 1 N–H and O–H groups in total. The summed E-state index contributed by atoms with van der Waals surface area (Å²) in [5.74, 6) is 1.71. The van der Waals surface area contributed by atoms with E-state index in [0.717, 1.165) is 28.6 Å². The molecule has 3 heteroatoms. The molecule has 104 valence electrons. The van der Waals surface area contributed by atoms with Gasteiger partial charge in [-0.15, -0.1) is 0 Å². The van der Waals surface area contributed by atoms with Crippen molar-refractivity contribution in [1.29, 1.82) is 0 Å². The molecule has 0 radical (unpaired) electrons. The summed E-state index contributed by atoms with van der Waals surface area (Å²) >= 11 is 3.53. The number of ether oxygens (including phenoxy) is 1. The molecule has 0 spiro atoms. The first-order chi connectivity index (χ1) is 9.70. The second-order valence-corrected chi connectivity index (χ2v) is 6.19. The summed E-state index contributed by atoms with van der Waals surface area (Å²) in [4.78, 5) is 0. The van der Waals surface area contributed by atoms with Gasteiger partial charge >= 0.3 is 0 Å². The van der Waals surface area contributed by atoms with E-state index in [-0.39, 0.29) is 0 Å². The molecular weight excluding hydrogens is 314 g/mol. The quantitative estimate of drug-likeness (QED) is 0.849. The van der Waals surface area contributed by atoms with Gasteiger partial charge in [0.15, 0.2) is 0 Å². The average molecular weight is 332 g/mol. The lowest BCUT2D eigenvalue weighted by Gasteiger charge is -2.09. The summed E-state index contributed by atoms with van der Waals surface area (Å²) in [6.07, 6.45) is 2.64. The van der Waals surface area contributed by atoms with Crippen molar-refractivity contribution >= 4 is 15.9 Å². The highest BCUT2D eigenvalue weighted by Gasteiger charge is 2.19. The van der Waals surface area contributed by atoms with Crippen molar-refractivity contribution in [3.8, 4) is 11.5 Å². The number of hydrogen-bond donors (Lipinski definition) is 1. The van der Waals surface area contributed by atoms with Gasteiger partial charge < -0.3 is 10.1 Å². The molecule has 0 unspecified atom stereocenters. The van der Waals surface area contributed by atoms with Gasteiger partial charge in [0.25, 0.3) is 0 Å². The van der Waals surface area contributed by atoms with E-state index in [0.29, 0.717) is 0 Å². The Morgan fingerprint density at radius 3 is 2.55 bits per heavy atom. The van der Waals surface area contributed by atoms with Crippen LogP contribution in [0.15, 0.2) is 46.9 Å². The Balaban J connectivity index is 1.64. The Labute approximate surface area is 128 Å². The number of halogens is 1. The number of benzene rings is 2. The molecule has 2 aromatic carbocycles. The van der Waals surface area contributed by atoms with Gasteiger partial charge in [0, 0.05) is 12.6 Å². The van der Waals surface area contributed by atoms with Crippen molar-refractivity contribution in [3.63, 3.8) is 0 Å². The minimum Gasteiger partial charge on any atom is -0.456 e. The molecule has 2 nitrogen and oxygen atoms in total. The van der Waals surface area contributed by atoms with E-state index in [2.05, 4.69) is 46.4 Å². The second kappa shape index (κ2) is 5.98. The summed E-state index contributed by atoms with van der Waals surface area (Å²) < 4.78 is 6.87. The molecule has 0 amide bonds. The zero-order valence-electron chi connectivity index (χ0n) is 11.5. The van der Waals surface area contributed by atoms with Crippen molar-refractivity contribution in [2.24, 2.45) is 0 Å². The summed E-state index contributed by atoms with van der Waals surface area (Å²) in [6.45, 7) is 3.01. The normalized spacial score (nSPS) is 14.3. The molecule has 0 heterocycles. The molecule has 0 aromatic heterocycles. The SMILES string of the molecule is Cc1ccc(Oc2ccc(CNC3CC3)cc2)c(Br)c1. The molecule has 20 heavy (non-hydrogen) atoms. The number of rotatable bonds is 5. The lowest BCUT2D eigenvalue weighted by atomic mass is 10.2. The smallest absolute Gasteiger partial charge is 0.141 e. The Hall–Kier alpha value is -1.32. The Bertz CT molecular complexity index is 590. The fourth-order valence-electron chi connectivity index (χ4n) is 2.04. The monoisotopic (exact) mass is 331 g/mol. The Kier molecular flexibility index (Phi) is 4.08. The molecule has 1 aliphatic rings. The van der Waals surface area contributed by atoms with Crippen LogP contribution in [0.3, 0.4) is 0 Å². The number of aryl methyl sites for hydroxylation is 1. The molecule has 1 fully saturated rings. The van der Waals surface area contributed by atoms with Crippen molar-refractivity contribution in [3.05, 3.63) is 58.1 Å². The second-order valence-electron chi connectivity index (χ2n) is 5.34. The number of hydrogen-bond acceptors (Lipinski definition) is 2. The molecule has 1 aliphatic carbocycles. The minimum atomic E-state index is 0.745. The van der Waals surface area contributed by atoms with Crippen LogP contribution in [0.1, 0.15) is 24.0 Å². The van der Waals surface area contributed by atoms with Gasteiger partial charge in [0.1, 0.15) is 11.5 Å². The van der Waals surface area contributed by atoms with Crippen molar-refractivity contribution in [2.75, 3.05) is 0 Å². The molecule has 0 saturated heterocycles. The standard InChI is InChI=1S/C17H18BrNO/c1-12-2-9-17(16(18)10-12)20-15-7-3-13(4-8-15)11-19-14-5-6-14/h2-4,7-10,14,19H,5-6,11H2,1H3. The first kappa shape index (κ1) is 13.7. The zero-order valence-corrected chi connectivity index (χ0v) is 13.1. The van der Waals surface area contributed by atoms with Gasteiger partial charge in [0.2, 0.25) is 0 Å². The summed E-state index contributed by atoms with van der Waals surface area (Å²) in [5, 5.41) is 3.51. The van der Waals surface area contributed by atoms with Crippen LogP contribution in [0.2, 0.25) is 0 Å². The highest BCUT2D eigenvalue weighted by molar-refractivity contribution is 9.10. The van der Waals surface area contributed by atoms with Crippen molar-refractivity contribution in [2.45, 2.75) is 32.4 Å². The predicted molar refractivity (Wildman–Crippen MR) is 85.3 cm³/mol. The van der Waals surface area contributed by atoms with E-state index in [1.807, 2.05) is 24.3 Å². The third kappa shape index (κ3) is 3.62. The lowest BCUT2D eigenvalue weighted by Crippen LogP contribution is -2.14. The fourth-order valence-corrected chi connectivity index (χ4v) is 2.61. The van der Waals surface area contributed by atoms with Crippen molar-refractivity contribution in [1.82, 2.24) is 5.32 Å². The van der Waals surface area contributed by atoms with Gasteiger partial charge in [-0.25, -0.2) is 0 Å². The first-order valence-electron chi connectivity index (χ1n) is 6.97. The molecule has 1 saturated carbocycles. The first-order valence-corrected chi connectivity index (χ1v) is 7.76. The maximum absolute atomic E-state index is 5.89. The van der Waals surface area contributed by atoms with Crippen molar-refractivity contribution < 1.29 is 4.74 Å². The van der Waals surface area contributed by atoms with Gasteiger partial charge in [0.05, 0.1) is 4.47 Å². The van der Waals surface area contributed by atoms with Crippen LogP contribution in [0.25, 0.3) is 0 Å². The van der Waals surface area contributed by atoms with Crippen LogP contribution in [-0.2, 0) is 6.54 Å². The minimum absolute atomic E-state index is 0.745. The topological polar surface area (TPSA) is 21.3 Å². The van der Waals surface area contributed by atoms with Crippen LogP contribution in [0.5, 0.6) is 11.5 Å². The van der Waals surface area contributed by atoms with Crippen LogP contribution < -0.4 is 10.1 Å². The molecular formula is C17H18BrNO. The molecule has 0 bridgehead atoms.